The Hall–Kier alpha value is -0.588. The Morgan fingerprint density at radius 1 is 0.750 bits per heavy atom. The third-order valence-corrected chi connectivity index (χ3v) is 2.04. The molecule has 2 aromatic rings. The van der Waals surface area contributed by atoms with Gasteiger partial charge in [-0.1, -0.05) is 30.3 Å². The SMILES string of the molecule is O.O.[U].[c-]1ccc(Cc2ccccc2)cc1. The van der Waals surface area contributed by atoms with Crippen molar-refractivity contribution >= 4 is 0 Å². The molecule has 0 bridgehead atoms. The van der Waals surface area contributed by atoms with Crippen molar-refractivity contribution in [2.24, 2.45) is 0 Å². The minimum atomic E-state index is 0. The van der Waals surface area contributed by atoms with E-state index < -0.39 is 0 Å². The smallest absolute Gasteiger partial charge is 0 e. The van der Waals surface area contributed by atoms with Gasteiger partial charge in [0.15, 0.2) is 0 Å². The van der Waals surface area contributed by atoms with Crippen molar-refractivity contribution in [1.29, 1.82) is 0 Å². The summed E-state index contributed by atoms with van der Waals surface area (Å²) in [5, 5.41) is 0. The molecule has 0 saturated heterocycles. The van der Waals surface area contributed by atoms with Crippen molar-refractivity contribution in [2.75, 3.05) is 0 Å². The molecule has 84 valence electrons. The number of rotatable bonds is 2. The van der Waals surface area contributed by atoms with E-state index in [1.807, 2.05) is 18.2 Å². The minimum Gasteiger partial charge on any atom is -0.412 e. The van der Waals surface area contributed by atoms with Gasteiger partial charge in [0, 0.05) is 31.1 Å². The number of hydrogen-bond acceptors (Lipinski definition) is 0. The summed E-state index contributed by atoms with van der Waals surface area (Å²) in [6.07, 6.45) is 1.01. The molecule has 0 fully saturated rings. The summed E-state index contributed by atoms with van der Waals surface area (Å²) in [7, 11) is 0. The predicted molar refractivity (Wildman–Crippen MR) is 61.8 cm³/mol. The van der Waals surface area contributed by atoms with Gasteiger partial charge in [-0.05, 0) is 12.0 Å². The molecule has 2 rings (SSSR count). The first-order chi connectivity index (χ1) is 6.45. The molecule has 2 aromatic carbocycles. The van der Waals surface area contributed by atoms with Gasteiger partial charge in [-0.15, -0.1) is 0 Å². The van der Waals surface area contributed by atoms with Crippen LogP contribution < -0.4 is 0 Å². The molecule has 0 spiro atoms. The van der Waals surface area contributed by atoms with Crippen LogP contribution in [0.25, 0.3) is 0 Å². The largest absolute Gasteiger partial charge is 0.412 e. The zero-order valence-corrected chi connectivity index (χ0v) is 13.1. The Labute approximate surface area is 120 Å². The van der Waals surface area contributed by atoms with E-state index >= 15 is 0 Å². The standard InChI is InChI=1S/C13H11.2H2O.U/c1-3-7-12(8-4-1)11-13-9-5-2-6-10-13;;;/h1,3-10H,11H2;2*1H2;/q-1;;;. The van der Waals surface area contributed by atoms with Crippen LogP contribution in [-0.4, -0.2) is 11.0 Å². The molecule has 3 heteroatoms. The van der Waals surface area contributed by atoms with Crippen molar-refractivity contribution in [1.82, 2.24) is 0 Å². The van der Waals surface area contributed by atoms with Crippen molar-refractivity contribution in [3.63, 3.8) is 0 Å². The molecule has 0 atom stereocenters. The van der Waals surface area contributed by atoms with Gasteiger partial charge in [0.25, 0.3) is 0 Å². The number of hydrogen-bond donors (Lipinski definition) is 0. The molecule has 0 saturated carbocycles. The summed E-state index contributed by atoms with van der Waals surface area (Å²) in [5.41, 5.74) is 2.69. The van der Waals surface area contributed by atoms with E-state index in [0.29, 0.717) is 0 Å². The molecule has 0 radical (unpaired) electrons. The van der Waals surface area contributed by atoms with Crippen LogP contribution in [0.15, 0.2) is 54.6 Å². The summed E-state index contributed by atoms with van der Waals surface area (Å²) >= 11 is 0. The Morgan fingerprint density at radius 2 is 1.25 bits per heavy atom. The van der Waals surface area contributed by atoms with E-state index in [1.165, 1.54) is 11.1 Å². The molecule has 0 aliphatic rings. The molecule has 0 unspecified atom stereocenters. The van der Waals surface area contributed by atoms with Gasteiger partial charge >= 0.3 is 0 Å². The second-order valence-corrected chi connectivity index (χ2v) is 3.07. The van der Waals surface area contributed by atoms with Crippen LogP contribution in [0, 0.1) is 37.2 Å². The van der Waals surface area contributed by atoms with E-state index in [-0.39, 0.29) is 42.1 Å². The Kier molecular flexibility index (Phi) is 10.7. The van der Waals surface area contributed by atoms with Crippen LogP contribution in [0.3, 0.4) is 0 Å². The first-order valence-electron chi connectivity index (χ1n) is 4.44. The molecular weight excluding hydrogens is 426 g/mol. The van der Waals surface area contributed by atoms with Gasteiger partial charge in [0.1, 0.15) is 0 Å². The molecule has 0 heterocycles. The van der Waals surface area contributed by atoms with Crippen LogP contribution in [0.4, 0.5) is 0 Å². The molecule has 0 aliphatic heterocycles. The molecule has 16 heavy (non-hydrogen) atoms. The zero-order valence-electron chi connectivity index (χ0n) is 8.90. The van der Waals surface area contributed by atoms with Gasteiger partial charge in [-0.3, -0.25) is 0 Å². The predicted octanol–water partition coefficient (Wildman–Crippen LogP) is 1.43. The molecule has 2 nitrogen and oxygen atoms in total. The third-order valence-electron chi connectivity index (χ3n) is 2.04. The summed E-state index contributed by atoms with van der Waals surface area (Å²) < 4.78 is 0. The minimum absolute atomic E-state index is 0. The van der Waals surface area contributed by atoms with Crippen LogP contribution in [0.2, 0.25) is 0 Å². The fourth-order valence-electron chi connectivity index (χ4n) is 1.37. The molecule has 0 amide bonds. The zero-order chi connectivity index (χ0) is 8.93. The van der Waals surface area contributed by atoms with Crippen molar-refractivity contribution in [3.8, 4) is 0 Å². The van der Waals surface area contributed by atoms with Gasteiger partial charge < -0.3 is 11.0 Å². The Balaban J connectivity index is 0. The molecular formula is C13H15O2U-. The fourth-order valence-corrected chi connectivity index (χ4v) is 1.37. The van der Waals surface area contributed by atoms with Crippen molar-refractivity contribution in [2.45, 2.75) is 6.42 Å². The Morgan fingerprint density at radius 3 is 1.81 bits per heavy atom. The summed E-state index contributed by atoms with van der Waals surface area (Å²) in [5.74, 6) is 0. The monoisotopic (exact) mass is 441 g/mol. The topological polar surface area (TPSA) is 63.0 Å². The first-order valence-corrected chi connectivity index (χ1v) is 4.44. The summed E-state index contributed by atoms with van der Waals surface area (Å²) in [6.45, 7) is 0. The van der Waals surface area contributed by atoms with Crippen LogP contribution in [0.1, 0.15) is 11.1 Å². The van der Waals surface area contributed by atoms with E-state index in [0.717, 1.165) is 6.42 Å². The summed E-state index contributed by atoms with van der Waals surface area (Å²) in [6, 6.07) is 21.6. The molecule has 4 N–H and O–H groups in total. The maximum absolute atomic E-state index is 3.02. The van der Waals surface area contributed by atoms with E-state index in [4.69, 9.17) is 0 Å². The van der Waals surface area contributed by atoms with Gasteiger partial charge in [0.2, 0.25) is 0 Å². The van der Waals surface area contributed by atoms with Gasteiger partial charge in [-0.2, -0.15) is 35.9 Å². The summed E-state index contributed by atoms with van der Waals surface area (Å²) in [4.78, 5) is 0. The van der Waals surface area contributed by atoms with Crippen LogP contribution >= 0.6 is 0 Å². The van der Waals surface area contributed by atoms with Gasteiger partial charge in [-0.25, -0.2) is 0 Å². The molecule has 0 aliphatic carbocycles. The van der Waals surface area contributed by atoms with Crippen LogP contribution in [0.5, 0.6) is 0 Å². The number of benzene rings is 2. The first kappa shape index (κ1) is 17.8. The normalized spacial score (nSPS) is 8.00. The maximum Gasteiger partial charge on any atom is 0 e. The second kappa shape index (κ2) is 9.62. The van der Waals surface area contributed by atoms with E-state index in [1.54, 1.807) is 0 Å². The quantitative estimate of drug-likeness (QED) is 0.634. The maximum atomic E-state index is 3.02. The van der Waals surface area contributed by atoms with Crippen molar-refractivity contribution < 1.29 is 42.1 Å². The van der Waals surface area contributed by atoms with Crippen LogP contribution in [-0.2, 0) is 6.42 Å². The average molecular weight is 441 g/mol. The third kappa shape index (κ3) is 5.48. The Bertz CT molecular complexity index is 325. The average Bonchev–Trinajstić information content (AvgIpc) is 2.21. The van der Waals surface area contributed by atoms with Crippen molar-refractivity contribution in [3.05, 3.63) is 71.8 Å². The van der Waals surface area contributed by atoms with E-state index in [9.17, 15) is 0 Å². The fraction of sp³-hybridized carbons (Fsp3) is 0.0769. The second-order valence-electron chi connectivity index (χ2n) is 3.07. The van der Waals surface area contributed by atoms with Gasteiger partial charge in [0.05, 0.1) is 0 Å². The molecule has 0 aromatic heterocycles. The van der Waals surface area contributed by atoms with E-state index in [2.05, 4.69) is 42.5 Å².